The lowest BCUT2D eigenvalue weighted by molar-refractivity contribution is 0.195. The smallest absolute Gasteiger partial charge is 0.169 e. The summed E-state index contributed by atoms with van der Waals surface area (Å²) >= 11 is 11.6. The summed E-state index contributed by atoms with van der Waals surface area (Å²) < 4.78 is 5.00. The minimum atomic E-state index is 0.135. The van der Waals surface area contributed by atoms with Gasteiger partial charge in [0.25, 0.3) is 0 Å². The van der Waals surface area contributed by atoms with E-state index in [0.29, 0.717) is 0 Å². The first-order chi connectivity index (χ1) is 9.07. The maximum Gasteiger partial charge on any atom is 0.169 e. The van der Waals surface area contributed by atoms with Gasteiger partial charge in [0.1, 0.15) is 0 Å². The molecule has 5 heteroatoms. The topological polar surface area (TPSA) is 24.5 Å². The number of halogens is 1. The number of rotatable bonds is 6. The third kappa shape index (κ3) is 4.97. The molecule has 0 radical (unpaired) electrons. The van der Waals surface area contributed by atoms with Crippen molar-refractivity contribution in [2.24, 2.45) is 0 Å². The molecule has 0 heterocycles. The summed E-state index contributed by atoms with van der Waals surface area (Å²) in [6.07, 6.45) is 0.935. The van der Waals surface area contributed by atoms with Gasteiger partial charge in [0, 0.05) is 32.3 Å². The van der Waals surface area contributed by atoms with E-state index in [0.717, 1.165) is 35.3 Å². The van der Waals surface area contributed by atoms with Crippen molar-refractivity contribution in [3.8, 4) is 0 Å². The molecule has 0 saturated carbocycles. The fraction of sp³-hybridized carbons (Fsp3) is 0.500. The van der Waals surface area contributed by atoms with Crippen molar-refractivity contribution < 1.29 is 4.74 Å². The van der Waals surface area contributed by atoms with Gasteiger partial charge >= 0.3 is 0 Å². The molecule has 106 valence electrons. The molecule has 0 saturated heterocycles. The van der Waals surface area contributed by atoms with Crippen LogP contribution in [0.3, 0.4) is 0 Å². The van der Waals surface area contributed by atoms with Crippen LogP contribution in [0.2, 0.25) is 5.02 Å². The molecule has 3 nitrogen and oxygen atoms in total. The van der Waals surface area contributed by atoms with Crippen LogP contribution >= 0.6 is 23.8 Å². The summed E-state index contributed by atoms with van der Waals surface area (Å²) in [5, 5.41) is 4.71. The lowest BCUT2D eigenvalue weighted by Crippen LogP contribution is -2.39. The van der Waals surface area contributed by atoms with Crippen molar-refractivity contribution in [1.29, 1.82) is 0 Å². The van der Waals surface area contributed by atoms with Crippen LogP contribution in [0.25, 0.3) is 0 Å². The van der Waals surface area contributed by atoms with E-state index in [-0.39, 0.29) is 6.04 Å². The Labute approximate surface area is 125 Å². The van der Waals surface area contributed by atoms with Gasteiger partial charge in [0.15, 0.2) is 5.11 Å². The summed E-state index contributed by atoms with van der Waals surface area (Å²) in [7, 11) is 3.67. The van der Waals surface area contributed by atoms with Gasteiger partial charge in [-0.25, -0.2) is 0 Å². The molecular weight excluding hydrogens is 280 g/mol. The summed E-state index contributed by atoms with van der Waals surface area (Å²) in [6, 6.07) is 7.98. The fourth-order valence-electron chi connectivity index (χ4n) is 1.73. The van der Waals surface area contributed by atoms with E-state index in [1.807, 2.05) is 36.2 Å². The predicted octanol–water partition coefficient (Wildman–Crippen LogP) is 3.24. The first kappa shape index (κ1) is 16.2. The average Bonchev–Trinajstić information content (AvgIpc) is 2.42. The van der Waals surface area contributed by atoms with Crippen LogP contribution in [0.15, 0.2) is 24.3 Å². The highest BCUT2D eigenvalue weighted by Gasteiger charge is 2.16. The molecule has 0 spiro atoms. The Kier molecular flexibility index (Phi) is 7.13. The van der Waals surface area contributed by atoms with Gasteiger partial charge in [0.2, 0.25) is 0 Å². The number of ether oxygens (including phenoxy) is 1. The minimum Gasteiger partial charge on any atom is -0.385 e. The van der Waals surface area contributed by atoms with Crippen molar-refractivity contribution in [1.82, 2.24) is 10.2 Å². The van der Waals surface area contributed by atoms with E-state index < -0.39 is 0 Å². The molecule has 0 bridgehead atoms. The maximum atomic E-state index is 6.21. The molecule has 1 aromatic carbocycles. The van der Waals surface area contributed by atoms with Crippen molar-refractivity contribution >= 4 is 28.9 Å². The van der Waals surface area contributed by atoms with Gasteiger partial charge in [-0.15, -0.1) is 0 Å². The Morgan fingerprint density at radius 2 is 2.16 bits per heavy atom. The van der Waals surface area contributed by atoms with Crippen LogP contribution < -0.4 is 5.32 Å². The Balaban J connectivity index is 2.54. The molecule has 0 fully saturated rings. The first-order valence-corrected chi connectivity index (χ1v) is 7.10. The van der Waals surface area contributed by atoms with Gasteiger partial charge in [-0.3, -0.25) is 0 Å². The second-order valence-electron chi connectivity index (χ2n) is 4.39. The Morgan fingerprint density at radius 3 is 2.79 bits per heavy atom. The lowest BCUT2D eigenvalue weighted by Gasteiger charge is -2.28. The second-order valence-corrected chi connectivity index (χ2v) is 5.18. The van der Waals surface area contributed by atoms with Gasteiger partial charge in [-0.2, -0.15) is 0 Å². The Hall–Kier alpha value is -0.840. The van der Waals surface area contributed by atoms with Crippen molar-refractivity contribution in [3.05, 3.63) is 34.9 Å². The number of methoxy groups -OCH3 is 1. The van der Waals surface area contributed by atoms with Gasteiger partial charge in [-0.05, 0) is 37.2 Å². The van der Waals surface area contributed by atoms with Crippen LogP contribution in [-0.2, 0) is 4.74 Å². The van der Waals surface area contributed by atoms with Gasteiger partial charge in [0.05, 0.1) is 6.04 Å². The van der Waals surface area contributed by atoms with Gasteiger partial charge < -0.3 is 15.0 Å². The predicted molar refractivity (Wildman–Crippen MR) is 84.7 cm³/mol. The molecule has 19 heavy (non-hydrogen) atoms. The molecule has 1 aromatic rings. The summed E-state index contributed by atoms with van der Waals surface area (Å²) in [4.78, 5) is 2.02. The number of thiocarbonyl (C=S) groups is 1. The molecule has 0 aliphatic carbocycles. The monoisotopic (exact) mass is 300 g/mol. The number of hydrogen-bond donors (Lipinski definition) is 1. The van der Waals surface area contributed by atoms with Crippen molar-refractivity contribution in [2.45, 2.75) is 19.4 Å². The highest BCUT2D eigenvalue weighted by molar-refractivity contribution is 7.80. The number of nitrogens with zero attached hydrogens (tertiary/aromatic N) is 1. The molecule has 0 aliphatic heterocycles. The molecule has 1 unspecified atom stereocenters. The van der Waals surface area contributed by atoms with Crippen molar-refractivity contribution in [2.75, 3.05) is 27.3 Å². The Bertz CT molecular complexity index is 414. The zero-order valence-corrected chi connectivity index (χ0v) is 13.2. The minimum absolute atomic E-state index is 0.135. The third-order valence-corrected chi connectivity index (χ3v) is 3.83. The standard InChI is InChI=1S/C14H21ClN2OS/c1-11(12-7-4-5-8-13(12)15)17(2)14(19)16-9-6-10-18-3/h4-5,7-8,11H,6,9-10H2,1-3H3,(H,16,19). The molecule has 0 aromatic heterocycles. The summed E-state index contributed by atoms with van der Waals surface area (Å²) in [5.74, 6) is 0. The fourth-order valence-corrected chi connectivity index (χ4v) is 2.29. The lowest BCUT2D eigenvalue weighted by atomic mass is 10.1. The second kappa shape index (κ2) is 8.35. The number of nitrogens with one attached hydrogen (secondary N) is 1. The molecule has 0 aliphatic rings. The number of benzene rings is 1. The average molecular weight is 301 g/mol. The highest BCUT2D eigenvalue weighted by atomic mass is 35.5. The zero-order valence-electron chi connectivity index (χ0n) is 11.6. The molecular formula is C14H21ClN2OS. The summed E-state index contributed by atoms with van der Waals surface area (Å²) in [6.45, 7) is 3.63. The van der Waals surface area contributed by atoms with E-state index in [2.05, 4.69) is 12.2 Å². The largest absolute Gasteiger partial charge is 0.385 e. The van der Waals surface area contributed by atoms with Crippen molar-refractivity contribution in [3.63, 3.8) is 0 Å². The van der Waals surface area contributed by atoms with Crippen LogP contribution in [0.1, 0.15) is 24.9 Å². The normalized spacial score (nSPS) is 12.0. The molecule has 1 N–H and O–H groups in total. The van der Waals surface area contributed by atoms with E-state index in [4.69, 9.17) is 28.6 Å². The molecule has 0 amide bonds. The highest BCUT2D eigenvalue weighted by Crippen LogP contribution is 2.26. The molecule has 1 atom stereocenters. The van der Waals surface area contributed by atoms with E-state index in [1.54, 1.807) is 7.11 Å². The molecule has 1 rings (SSSR count). The zero-order chi connectivity index (χ0) is 14.3. The van der Waals surface area contributed by atoms with Crippen LogP contribution in [0, 0.1) is 0 Å². The third-order valence-electron chi connectivity index (χ3n) is 3.06. The SMILES string of the molecule is COCCCNC(=S)N(C)C(C)c1ccccc1Cl. The van der Waals surface area contributed by atoms with E-state index in [9.17, 15) is 0 Å². The van der Waals surface area contributed by atoms with E-state index in [1.165, 1.54) is 0 Å². The van der Waals surface area contributed by atoms with Crippen LogP contribution in [-0.4, -0.2) is 37.3 Å². The quantitative estimate of drug-likeness (QED) is 0.644. The Morgan fingerprint density at radius 1 is 1.47 bits per heavy atom. The van der Waals surface area contributed by atoms with Crippen LogP contribution in [0.5, 0.6) is 0 Å². The van der Waals surface area contributed by atoms with E-state index >= 15 is 0 Å². The maximum absolute atomic E-state index is 6.21. The summed E-state index contributed by atoms with van der Waals surface area (Å²) in [5.41, 5.74) is 1.08. The van der Waals surface area contributed by atoms with Crippen LogP contribution in [0.4, 0.5) is 0 Å². The van der Waals surface area contributed by atoms with Gasteiger partial charge in [-0.1, -0.05) is 29.8 Å². The first-order valence-electron chi connectivity index (χ1n) is 6.32. The number of hydrogen-bond acceptors (Lipinski definition) is 2.